The highest BCUT2D eigenvalue weighted by molar-refractivity contribution is 6.84. The van der Waals surface area contributed by atoms with Gasteiger partial charge in [0, 0.05) is 0 Å². The predicted octanol–water partition coefficient (Wildman–Crippen LogP) is 2.58. The van der Waals surface area contributed by atoms with Gasteiger partial charge >= 0.3 is 0 Å². The van der Waals surface area contributed by atoms with Crippen molar-refractivity contribution in [1.29, 1.82) is 0 Å². The van der Waals surface area contributed by atoms with Crippen LogP contribution in [0.25, 0.3) is 0 Å². The van der Waals surface area contributed by atoms with E-state index < -0.39 is 8.07 Å². The predicted molar refractivity (Wildman–Crippen MR) is 53.4 cm³/mol. The van der Waals surface area contributed by atoms with Crippen LogP contribution in [-0.4, -0.2) is 19.8 Å². The van der Waals surface area contributed by atoms with Crippen LogP contribution in [0.3, 0.4) is 0 Å². The third-order valence-corrected chi connectivity index (χ3v) is 7.51. The fourth-order valence-electron chi connectivity index (χ4n) is 0.597. The van der Waals surface area contributed by atoms with Crippen LogP contribution in [0.5, 0.6) is 0 Å². The summed E-state index contributed by atoms with van der Waals surface area (Å²) < 4.78 is 0. The Bertz CT molecular complexity index is 142. The molecule has 11 heavy (non-hydrogen) atoms. The minimum atomic E-state index is -1.27. The highest BCUT2D eigenvalue weighted by Gasteiger charge is 2.31. The van der Waals surface area contributed by atoms with Gasteiger partial charge in [-0.3, -0.25) is 0 Å². The highest BCUT2D eigenvalue weighted by atomic mass is 28.3. The van der Waals surface area contributed by atoms with Crippen LogP contribution in [0.2, 0.25) is 18.1 Å². The summed E-state index contributed by atoms with van der Waals surface area (Å²) in [5.74, 6) is 0. The minimum absolute atomic E-state index is 0.173. The average Bonchev–Trinajstić information content (AvgIpc) is 1.81. The molecule has 1 N–H and O–H groups in total. The SMILES string of the molecule is CC(C)(C)[Si](C)(C)/C=C/CO. The normalized spacial score (nSPS) is 14.4. The molecule has 0 aliphatic rings. The Morgan fingerprint density at radius 2 is 1.73 bits per heavy atom. The molecular weight excluding hydrogens is 152 g/mol. The van der Waals surface area contributed by atoms with Crippen LogP contribution in [0.1, 0.15) is 20.8 Å². The fraction of sp³-hybridized carbons (Fsp3) is 0.778. The Kier molecular flexibility index (Phi) is 3.52. The van der Waals surface area contributed by atoms with Gasteiger partial charge in [0.2, 0.25) is 0 Å². The Morgan fingerprint density at radius 1 is 1.27 bits per heavy atom. The second-order valence-electron chi connectivity index (χ2n) is 4.56. The van der Waals surface area contributed by atoms with Crippen molar-refractivity contribution in [2.75, 3.05) is 6.61 Å². The summed E-state index contributed by atoms with van der Waals surface area (Å²) in [5, 5.41) is 9.02. The van der Waals surface area contributed by atoms with E-state index in [0.29, 0.717) is 5.04 Å². The number of aliphatic hydroxyl groups excluding tert-OH is 1. The van der Waals surface area contributed by atoms with E-state index in [9.17, 15) is 0 Å². The van der Waals surface area contributed by atoms with Crippen molar-refractivity contribution < 1.29 is 5.11 Å². The van der Waals surface area contributed by atoms with E-state index in [1.807, 2.05) is 6.08 Å². The Labute approximate surface area is 71.1 Å². The first-order valence-corrected chi connectivity index (χ1v) is 7.17. The molecule has 66 valence electrons. The van der Waals surface area contributed by atoms with Gasteiger partial charge < -0.3 is 5.11 Å². The van der Waals surface area contributed by atoms with Crippen molar-refractivity contribution in [3.05, 3.63) is 11.8 Å². The van der Waals surface area contributed by atoms with Gasteiger partial charge in [-0.2, -0.15) is 0 Å². The molecule has 0 heterocycles. The van der Waals surface area contributed by atoms with Gasteiger partial charge in [-0.1, -0.05) is 45.6 Å². The van der Waals surface area contributed by atoms with Gasteiger partial charge in [0.05, 0.1) is 14.7 Å². The molecular formula is C9H20OSi. The molecule has 0 fully saturated rings. The molecule has 0 aliphatic carbocycles. The largest absolute Gasteiger partial charge is 0.392 e. The lowest BCUT2D eigenvalue weighted by Gasteiger charge is -2.34. The molecule has 0 aromatic rings. The van der Waals surface area contributed by atoms with Crippen LogP contribution in [-0.2, 0) is 0 Å². The molecule has 0 radical (unpaired) electrons. The molecule has 0 aliphatic heterocycles. The van der Waals surface area contributed by atoms with E-state index in [-0.39, 0.29) is 6.61 Å². The fourth-order valence-corrected chi connectivity index (χ4v) is 1.79. The van der Waals surface area contributed by atoms with Crippen LogP contribution in [0.4, 0.5) is 0 Å². The van der Waals surface area contributed by atoms with Gasteiger partial charge in [-0.05, 0) is 5.04 Å². The summed E-state index contributed by atoms with van der Waals surface area (Å²) in [4.78, 5) is 0. The number of rotatable bonds is 2. The summed E-state index contributed by atoms with van der Waals surface area (Å²) in [6.07, 6.45) is 1.87. The number of aliphatic hydroxyl groups is 1. The first-order chi connectivity index (χ1) is 4.81. The second-order valence-corrected chi connectivity index (χ2v) is 9.83. The van der Waals surface area contributed by atoms with E-state index in [2.05, 4.69) is 39.6 Å². The van der Waals surface area contributed by atoms with Gasteiger partial charge in [0.25, 0.3) is 0 Å². The average molecular weight is 172 g/mol. The Morgan fingerprint density at radius 3 is 2.00 bits per heavy atom. The standard InChI is InChI=1S/C9H20OSi/c1-9(2,3)11(4,5)8-6-7-10/h6,8,10H,7H2,1-5H3/b8-6+. The zero-order valence-electron chi connectivity index (χ0n) is 8.31. The molecule has 2 heteroatoms. The van der Waals surface area contributed by atoms with Crippen LogP contribution in [0, 0.1) is 0 Å². The summed E-state index contributed by atoms with van der Waals surface area (Å²) in [7, 11) is -1.27. The number of hydrogen-bond donors (Lipinski definition) is 1. The minimum Gasteiger partial charge on any atom is -0.392 e. The van der Waals surface area contributed by atoms with Crippen LogP contribution in [0.15, 0.2) is 11.8 Å². The van der Waals surface area contributed by atoms with E-state index in [0.717, 1.165) is 0 Å². The molecule has 0 aromatic carbocycles. The molecule has 0 aromatic heterocycles. The lowest BCUT2D eigenvalue weighted by atomic mass is 10.2. The van der Waals surface area contributed by atoms with Gasteiger partial charge in [0.15, 0.2) is 0 Å². The van der Waals surface area contributed by atoms with E-state index in [4.69, 9.17) is 5.11 Å². The molecule has 0 spiro atoms. The van der Waals surface area contributed by atoms with Crippen LogP contribution >= 0.6 is 0 Å². The van der Waals surface area contributed by atoms with E-state index >= 15 is 0 Å². The monoisotopic (exact) mass is 172 g/mol. The molecule has 0 amide bonds. The maximum atomic E-state index is 8.63. The number of hydrogen-bond acceptors (Lipinski definition) is 1. The molecule has 0 atom stereocenters. The van der Waals surface area contributed by atoms with E-state index in [1.54, 1.807) is 0 Å². The molecule has 0 unspecified atom stereocenters. The summed E-state index contributed by atoms with van der Waals surface area (Å²) in [6.45, 7) is 11.6. The van der Waals surface area contributed by atoms with Gasteiger partial charge in [-0.25, -0.2) is 0 Å². The molecule has 0 rings (SSSR count). The van der Waals surface area contributed by atoms with Crippen molar-refractivity contribution in [1.82, 2.24) is 0 Å². The van der Waals surface area contributed by atoms with Crippen molar-refractivity contribution in [2.45, 2.75) is 38.9 Å². The first kappa shape index (κ1) is 10.9. The summed E-state index contributed by atoms with van der Waals surface area (Å²) in [5.41, 5.74) is 2.22. The lowest BCUT2D eigenvalue weighted by molar-refractivity contribution is 0.343. The quantitative estimate of drug-likeness (QED) is 0.635. The Balaban J connectivity index is 4.34. The van der Waals surface area contributed by atoms with Gasteiger partial charge in [0.1, 0.15) is 0 Å². The topological polar surface area (TPSA) is 20.2 Å². The first-order valence-electron chi connectivity index (χ1n) is 4.10. The molecule has 0 saturated carbocycles. The smallest absolute Gasteiger partial charge is 0.0767 e. The van der Waals surface area contributed by atoms with Crippen molar-refractivity contribution in [3.63, 3.8) is 0 Å². The maximum absolute atomic E-state index is 8.63. The summed E-state index contributed by atoms with van der Waals surface area (Å²) in [6, 6.07) is 0. The lowest BCUT2D eigenvalue weighted by Crippen LogP contribution is -2.34. The van der Waals surface area contributed by atoms with Crippen molar-refractivity contribution in [2.24, 2.45) is 0 Å². The third kappa shape index (κ3) is 3.21. The Hall–Kier alpha value is -0.0831. The third-order valence-electron chi connectivity index (χ3n) is 2.57. The van der Waals surface area contributed by atoms with E-state index in [1.165, 1.54) is 0 Å². The van der Waals surface area contributed by atoms with Crippen LogP contribution < -0.4 is 0 Å². The van der Waals surface area contributed by atoms with Crippen molar-refractivity contribution >= 4 is 8.07 Å². The highest BCUT2D eigenvalue weighted by Crippen LogP contribution is 2.36. The zero-order valence-corrected chi connectivity index (χ0v) is 9.31. The molecule has 1 nitrogen and oxygen atoms in total. The van der Waals surface area contributed by atoms with Gasteiger partial charge in [-0.15, -0.1) is 0 Å². The molecule has 0 saturated heterocycles. The maximum Gasteiger partial charge on any atom is 0.0767 e. The zero-order chi connectivity index (χ0) is 9.12. The summed E-state index contributed by atoms with van der Waals surface area (Å²) >= 11 is 0. The van der Waals surface area contributed by atoms with Crippen molar-refractivity contribution in [3.8, 4) is 0 Å². The molecule has 0 bridgehead atoms. The second kappa shape index (κ2) is 3.54.